The number of rotatable bonds is 13. The number of hydrogen-bond donors (Lipinski definition) is 0. The van der Waals surface area contributed by atoms with Gasteiger partial charge in [0.1, 0.15) is 0 Å². The lowest BCUT2D eigenvalue weighted by molar-refractivity contribution is -0.161. The van der Waals surface area contributed by atoms with Gasteiger partial charge in [-0.15, -0.1) is 0 Å². The van der Waals surface area contributed by atoms with E-state index in [0.29, 0.717) is 6.42 Å². The molecule has 0 radical (unpaired) electrons. The Kier molecular flexibility index (Phi) is 11.3. The lowest BCUT2D eigenvalue weighted by atomic mass is 10.1. The fourth-order valence-corrected chi connectivity index (χ4v) is 2.72. The molecule has 4 nitrogen and oxygen atoms in total. The molecular formula is C21H29F3O4. The molecule has 158 valence electrons. The molecule has 0 unspecified atom stereocenters. The minimum atomic E-state index is -4.62. The Balaban J connectivity index is 2.34. The minimum Gasteiger partial charge on any atom is -0.462 e. The third kappa shape index (κ3) is 10.3. The molecule has 7 heteroatoms. The fraction of sp³-hybridized carbons (Fsp3) is 0.619. The van der Waals surface area contributed by atoms with Gasteiger partial charge in [0.05, 0.1) is 17.7 Å². The molecule has 0 aliphatic rings. The maximum absolute atomic E-state index is 12.2. The normalized spacial score (nSPS) is 11.3. The standard InChI is InChI=1S/C21H29F3O4/c1-2-3-4-5-6-7-8-9-12-15-27-19(25)17-13-10-11-14-18(17)20(26)28-16-21(22,23)24/h10-11,13-14H,2-9,12,15-16H2,1H3. The highest BCUT2D eigenvalue weighted by molar-refractivity contribution is 6.03. The highest BCUT2D eigenvalue weighted by Crippen LogP contribution is 2.18. The number of unbranched alkanes of at least 4 members (excludes halogenated alkanes) is 8. The summed E-state index contributed by atoms with van der Waals surface area (Å²) in [5, 5.41) is 0. The summed E-state index contributed by atoms with van der Waals surface area (Å²) < 4.78 is 46.0. The average molecular weight is 402 g/mol. The van der Waals surface area contributed by atoms with Gasteiger partial charge in [-0.25, -0.2) is 9.59 Å². The summed E-state index contributed by atoms with van der Waals surface area (Å²) in [5.74, 6) is -1.94. The van der Waals surface area contributed by atoms with Gasteiger partial charge >= 0.3 is 18.1 Å². The summed E-state index contributed by atoms with van der Waals surface area (Å²) in [6.07, 6.45) is 5.51. The monoisotopic (exact) mass is 402 g/mol. The molecule has 0 amide bonds. The largest absolute Gasteiger partial charge is 0.462 e. The average Bonchev–Trinajstić information content (AvgIpc) is 2.66. The van der Waals surface area contributed by atoms with Crippen LogP contribution in [0, 0.1) is 0 Å². The molecule has 0 saturated carbocycles. The van der Waals surface area contributed by atoms with Gasteiger partial charge in [-0.05, 0) is 18.6 Å². The summed E-state index contributed by atoms with van der Waals surface area (Å²) >= 11 is 0. The molecular weight excluding hydrogens is 373 g/mol. The van der Waals surface area contributed by atoms with Crippen molar-refractivity contribution in [3.63, 3.8) is 0 Å². The van der Waals surface area contributed by atoms with E-state index in [1.54, 1.807) is 0 Å². The first-order valence-electron chi connectivity index (χ1n) is 9.85. The van der Waals surface area contributed by atoms with E-state index in [9.17, 15) is 22.8 Å². The smallest absolute Gasteiger partial charge is 0.422 e. The molecule has 0 spiro atoms. The Morgan fingerprint density at radius 1 is 0.786 bits per heavy atom. The van der Waals surface area contributed by atoms with Crippen LogP contribution in [0.25, 0.3) is 0 Å². The maximum atomic E-state index is 12.2. The number of halogens is 3. The molecule has 0 fully saturated rings. The lowest BCUT2D eigenvalue weighted by Crippen LogP contribution is -2.22. The van der Waals surface area contributed by atoms with Crippen LogP contribution in [0.3, 0.4) is 0 Å². The molecule has 1 aromatic rings. The second-order valence-corrected chi connectivity index (χ2v) is 6.70. The van der Waals surface area contributed by atoms with E-state index in [0.717, 1.165) is 19.3 Å². The van der Waals surface area contributed by atoms with Crippen molar-refractivity contribution in [1.82, 2.24) is 0 Å². The predicted molar refractivity (Wildman–Crippen MR) is 100 cm³/mol. The summed E-state index contributed by atoms with van der Waals surface area (Å²) in [7, 11) is 0. The van der Waals surface area contributed by atoms with Gasteiger partial charge in [0.15, 0.2) is 6.61 Å². The quantitative estimate of drug-likeness (QED) is 0.296. The Labute approximate surface area is 164 Å². The topological polar surface area (TPSA) is 52.6 Å². The Morgan fingerprint density at radius 3 is 1.75 bits per heavy atom. The number of benzene rings is 1. The van der Waals surface area contributed by atoms with Crippen LogP contribution in [0.2, 0.25) is 0 Å². The Hall–Kier alpha value is -2.05. The van der Waals surface area contributed by atoms with Gasteiger partial charge in [-0.2, -0.15) is 13.2 Å². The molecule has 1 rings (SSSR count). The summed E-state index contributed by atoms with van der Waals surface area (Å²) in [5.41, 5.74) is -0.325. The highest BCUT2D eigenvalue weighted by Gasteiger charge is 2.30. The molecule has 0 N–H and O–H groups in total. The second kappa shape index (κ2) is 13.2. The number of alkyl halides is 3. The van der Waals surface area contributed by atoms with E-state index >= 15 is 0 Å². The molecule has 28 heavy (non-hydrogen) atoms. The van der Waals surface area contributed by atoms with Crippen molar-refractivity contribution < 1.29 is 32.2 Å². The third-order valence-corrected chi connectivity index (χ3v) is 4.21. The van der Waals surface area contributed by atoms with Crippen LogP contribution in [0.4, 0.5) is 13.2 Å². The van der Waals surface area contributed by atoms with Gasteiger partial charge in [0, 0.05) is 0 Å². The third-order valence-electron chi connectivity index (χ3n) is 4.21. The van der Waals surface area contributed by atoms with E-state index in [-0.39, 0.29) is 17.7 Å². The van der Waals surface area contributed by atoms with E-state index in [2.05, 4.69) is 11.7 Å². The molecule has 1 aromatic carbocycles. The lowest BCUT2D eigenvalue weighted by Gasteiger charge is -2.11. The fourth-order valence-electron chi connectivity index (χ4n) is 2.72. The van der Waals surface area contributed by atoms with Crippen LogP contribution in [0.15, 0.2) is 24.3 Å². The van der Waals surface area contributed by atoms with Crippen LogP contribution in [0.5, 0.6) is 0 Å². The predicted octanol–water partition coefficient (Wildman–Crippen LogP) is 6.09. The molecule has 0 saturated heterocycles. The van der Waals surface area contributed by atoms with Crippen LogP contribution in [-0.2, 0) is 9.47 Å². The SMILES string of the molecule is CCCCCCCCCCCOC(=O)c1ccccc1C(=O)OCC(F)(F)F. The molecule has 0 aliphatic carbocycles. The van der Waals surface area contributed by atoms with Crippen molar-refractivity contribution >= 4 is 11.9 Å². The van der Waals surface area contributed by atoms with Crippen LogP contribution < -0.4 is 0 Å². The van der Waals surface area contributed by atoms with E-state index in [1.807, 2.05) is 0 Å². The number of esters is 2. The molecule has 0 bridgehead atoms. The van der Waals surface area contributed by atoms with Gasteiger partial charge in [-0.1, -0.05) is 70.4 Å². The van der Waals surface area contributed by atoms with Crippen LogP contribution in [0.1, 0.15) is 85.4 Å². The Morgan fingerprint density at radius 2 is 1.25 bits per heavy atom. The molecule has 0 aliphatic heterocycles. The van der Waals surface area contributed by atoms with E-state index < -0.39 is 24.7 Å². The van der Waals surface area contributed by atoms with E-state index in [1.165, 1.54) is 56.4 Å². The molecule has 0 aromatic heterocycles. The van der Waals surface area contributed by atoms with Gasteiger partial charge < -0.3 is 9.47 Å². The zero-order chi connectivity index (χ0) is 20.8. The summed E-state index contributed by atoms with van der Waals surface area (Å²) in [6.45, 7) is 0.694. The summed E-state index contributed by atoms with van der Waals surface area (Å²) in [4.78, 5) is 24.0. The first kappa shape index (κ1) is 24.0. The van der Waals surface area contributed by atoms with Crippen molar-refractivity contribution in [3.8, 4) is 0 Å². The van der Waals surface area contributed by atoms with Gasteiger partial charge in [-0.3, -0.25) is 0 Å². The second-order valence-electron chi connectivity index (χ2n) is 6.70. The number of hydrogen-bond acceptors (Lipinski definition) is 4. The van der Waals surface area contributed by atoms with Crippen molar-refractivity contribution in [2.45, 2.75) is 70.9 Å². The first-order chi connectivity index (χ1) is 13.3. The molecule has 0 heterocycles. The van der Waals surface area contributed by atoms with Crippen molar-refractivity contribution in [3.05, 3.63) is 35.4 Å². The van der Waals surface area contributed by atoms with Crippen molar-refractivity contribution in [2.24, 2.45) is 0 Å². The number of carbonyl (C=O) groups excluding carboxylic acids is 2. The zero-order valence-corrected chi connectivity index (χ0v) is 16.4. The van der Waals surface area contributed by atoms with E-state index in [4.69, 9.17) is 4.74 Å². The van der Waals surface area contributed by atoms with Gasteiger partial charge in [0.25, 0.3) is 0 Å². The molecule has 0 atom stereocenters. The van der Waals surface area contributed by atoms with Crippen molar-refractivity contribution in [2.75, 3.05) is 13.2 Å². The van der Waals surface area contributed by atoms with Crippen LogP contribution in [-0.4, -0.2) is 31.3 Å². The zero-order valence-electron chi connectivity index (χ0n) is 16.4. The van der Waals surface area contributed by atoms with Gasteiger partial charge in [0.2, 0.25) is 0 Å². The Bertz CT molecular complexity index is 600. The first-order valence-corrected chi connectivity index (χ1v) is 9.85. The minimum absolute atomic E-state index is 0.0920. The highest BCUT2D eigenvalue weighted by atomic mass is 19.4. The van der Waals surface area contributed by atoms with Crippen LogP contribution >= 0.6 is 0 Å². The van der Waals surface area contributed by atoms with Crippen molar-refractivity contribution in [1.29, 1.82) is 0 Å². The summed E-state index contributed by atoms with van der Waals surface area (Å²) in [6, 6.07) is 5.54. The maximum Gasteiger partial charge on any atom is 0.422 e. The number of carbonyl (C=O) groups is 2. The number of ether oxygens (including phenoxy) is 2.